The smallest absolute Gasteiger partial charge is 0.188 e. The fourth-order valence-corrected chi connectivity index (χ4v) is 2.66. The molecule has 1 aliphatic heterocycles. The summed E-state index contributed by atoms with van der Waals surface area (Å²) >= 11 is 0. The average molecular weight is 338 g/mol. The zero-order valence-electron chi connectivity index (χ0n) is 15.3. The number of benzene rings is 1. The molecule has 0 spiro atoms. The summed E-state index contributed by atoms with van der Waals surface area (Å²) in [5.74, 6) is 1.44. The summed E-state index contributed by atoms with van der Waals surface area (Å²) in [6, 6.07) is 3.83. The van der Waals surface area contributed by atoms with E-state index in [1.165, 1.54) is 0 Å². The van der Waals surface area contributed by atoms with E-state index in [4.69, 9.17) is 24.7 Å². The van der Waals surface area contributed by atoms with Crippen LogP contribution in [0.3, 0.4) is 0 Å². The van der Waals surface area contributed by atoms with E-state index in [-0.39, 0.29) is 12.2 Å². The molecule has 0 unspecified atom stereocenters. The third kappa shape index (κ3) is 5.26. The standard InChI is InChI=1S/C18H30N2O4/c1-18(2,3)15-11-14(12-16(19)17(15)24-13-21-4)23-10-7-20-5-8-22-9-6-20/h11-12H,5-10,13,19H2,1-4H3. The van der Waals surface area contributed by atoms with Gasteiger partial charge in [-0.05, 0) is 11.5 Å². The Morgan fingerprint density at radius 1 is 1.17 bits per heavy atom. The van der Waals surface area contributed by atoms with E-state index in [0.29, 0.717) is 18.0 Å². The van der Waals surface area contributed by atoms with Gasteiger partial charge in [0.1, 0.15) is 18.1 Å². The number of morpholine rings is 1. The van der Waals surface area contributed by atoms with Crippen molar-refractivity contribution < 1.29 is 18.9 Å². The maximum atomic E-state index is 6.19. The number of nitrogens with zero attached hydrogens (tertiary/aromatic N) is 1. The van der Waals surface area contributed by atoms with Gasteiger partial charge in [0, 0.05) is 38.4 Å². The van der Waals surface area contributed by atoms with Gasteiger partial charge in [-0.2, -0.15) is 0 Å². The molecule has 0 amide bonds. The number of nitrogens with two attached hydrogens (primary N) is 1. The predicted octanol–water partition coefficient (Wildman–Crippen LogP) is 2.26. The van der Waals surface area contributed by atoms with Crippen LogP contribution in [0.25, 0.3) is 0 Å². The summed E-state index contributed by atoms with van der Waals surface area (Å²) in [4.78, 5) is 2.34. The lowest BCUT2D eigenvalue weighted by Crippen LogP contribution is -2.38. The number of hydrogen-bond acceptors (Lipinski definition) is 6. The Kier molecular flexibility index (Phi) is 6.71. The molecule has 6 nitrogen and oxygen atoms in total. The second kappa shape index (κ2) is 8.55. The third-order valence-corrected chi connectivity index (χ3v) is 4.00. The molecule has 1 heterocycles. The SMILES string of the molecule is COCOc1c(N)cc(OCCN2CCOCC2)cc1C(C)(C)C. The van der Waals surface area contributed by atoms with Gasteiger partial charge in [-0.3, -0.25) is 4.90 Å². The molecule has 0 atom stereocenters. The minimum Gasteiger partial charge on any atom is -0.492 e. The van der Waals surface area contributed by atoms with Crippen molar-refractivity contribution in [2.24, 2.45) is 0 Å². The maximum absolute atomic E-state index is 6.19. The van der Waals surface area contributed by atoms with Gasteiger partial charge in [-0.1, -0.05) is 20.8 Å². The Morgan fingerprint density at radius 2 is 1.88 bits per heavy atom. The van der Waals surface area contributed by atoms with Crippen LogP contribution in [0.15, 0.2) is 12.1 Å². The van der Waals surface area contributed by atoms with Crippen LogP contribution in [0, 0.1) is 0 Å². The Balaban J connectivity index is 2.05. The van der Waals surface area contributed by atoms with Crippen molar-refractivity contribution in [2.75, 3.05) is 59.1 Å². The van der Waals surface area contributed by atoms with Gasteiger partial charge in [0.15, 0.2) is 6.79 Å². The van der Waals surface area contributed by atoms with Crippen LogP contribution in [-0.4, -0.2) is 58.3 Å². The summed E-state index contributed by atoms with van der Waals surface area (Å²) in [6.45, 7) is 11.6. The Labute approximate surface area is 144 Å². The van der Waals surface area contributed by atoms with Gasteiger partial charge < -0.3 is 24.7 Å². The van der Waals surface area contributed by atoms with E-state index in [1.54, 1.807) is 7.11 Å². The monoisotopic (exact) mass is 338 g/mol. The lowest BCUT2D eigenvalue weighted by molar-refractivity contribution is 0.0322. The first-order valence-electron chi connectivity index (χ1n) is 8.40. The summed E-state index contributed by atoms with van der Waals surface area (Å²) in [5.41, 5.74) is 7.66. The minimum atomic E-state index is -0.110. The Bertz CT molecular complexity index is 522. The summed E-state index contributed by atoms with van der Waals surface area (Å²) in [7, 11) is 1.59. The molecule has 1 aromatic rings. The van der Waals surface area contributed by atoms with Crippen molar-refractivity contribution in [3.63, 3.8) is 0 Å². The Morgan fingerprint density at radius 3 is 2.50 bits per heavy atom. The lowest BCUT2D eigenvalue weighted by Gasteiger charge is -2.27. The summed E-state index contributed by atoms with van der Waals surface area (Å²) in [5, 5.41) is 0. The molecule has 2 N–H and O–H groups in total. The molecule has 0 radical (unpaired) electrons. The molecular weight excluding hydrogens is 308 g/mol. The van der Waals surface area contributed by atoms with E-state index < -0.39 is 0 Å². The number of anilines is 1. The normalized spacial score (nSPS) is 16.2. The summed E-state index contributed by atoms with van der Waals surface area (Å²) in [6.07, 6.45) is 0. The van der Waals surface area contributed by atoms with Crippen LogP contribution < -0.4 is 15.2 Å². The van der Waals surface area contributed by atoms with Crippen molar-refractivity contribution in [3.05, 3.63) is 17.7 Å². The van der Waals surface area contributed by atoms with Crippen LogP contribution in [0.2, 0.25) is 0 Å². The molecule has 6 heteroatoms. The molecule has 0 bridgehead atoms. The van der Waals surface area contributed by atoms with Crippen molar-refractivity contribution in [1.29, 1.82) is 0 Å². The van der Waals surface area contributed by atoms with Gasteiger partial charge in [0.25, 0.3) is 0 Å². The van der Waals surface area contributed by atoms with Crippen molar-refractivity contribution >= 4 is 5.69 Å². The molecule has 1 saturated heterocycles. The second-order valence-electron chi connectivity index (χ2n) is 6.99. The zero-order chi connectivity index (χ0) is 17.6. The molecular formula is C18H30N2O4. The first-order chi connectivity index (χ1) is 11.4. The number of methoxy groups -OCH3 is 1. The molecule has 2 rings (SSSR count). The number of hydrogen-bond donors (Lipinski definition) is 1. The van der Waals surface area contributed by atoms with Gasteiger partial charge in [-0.25, -0.2) is 0 Å². The van der Waals surface area contributed by atoms with E-state index in [0.717, 1.165) is 44.2 Å². The van der Waals surface area contributed by atoms with Crippen molar-refractivity contribution in [3.8, 4) is 11.5 Å². The minimum absolute atomic E-state index is 0.110. The summed E-state index contributed by atoms with van der Waals surface area (Å²) < 4.78 is 22.0. The van der Waals surface area contributed by atoms with E-state index in [9.17, 15) is 0 Å². The van der Waals surface area contributed by atoms with Crippen LogP contribution in [-0.2, 0) is 14.9 Å². The molecule has 136 valence electrons. The highest BCUT2D eigenvalue weighted by Crippen LogP contribution is 2.39. The van der Waals surface area contributed by atoms with Gasteiger partial charge >= 0.3 is 0 Å². The fraction of sp³-hybridized carbons (Fsp3) is 0.667. The number of rotatable bonds is 7. The molecule has 0 saturated carbocycles. The van der Waals surface area contributed by atoms with Crippen molar-refractivity contribution in [2.45, 2.75) is 26.2 Å². The lowest BCUT2D eigenvalue weighted by atomic mass is 9.85. The van der Waals surface area contributed by atoms with E-state index in [2.05, 4.69) is 25.7 Å². The predicted molar refractivity (Wildman–Crippen MR) is 94.8 cm³/mol. The van der Waals surface area contributed by atoms with Gasteiger partial charge in [0.05, 0.1) is 18.9 Å². The third-order valence-electron chi connectivity index (χ3n) is 4.00. The Hall–Kier alpha value is -1.50. The molecule has 0 aliphatic carbocycles. The van der Waals surface area contributed by atoms with Crippen LogP contribution in [0.4, 0.5) is 5.69 Å². The van der Waals surface area contributed by atoms with E-state index >= 15 is 0 Å². The molecule has 24 heavy (non-hydrogen) atoms. The van der Waals surface area contributed by atoms with Crippen molar-refractivity contribution in [1.82, 2.24) is 4.90 Å². The average Bonchev–Trinajstić information content (AvgIpc) is 2.53. The molecule has 1 aromatic carbocycles. The molecule has 1 aliphatic rings. The van der Waals surface area contributed by atoms with Crippen LogP contribution in [0.1, 0.15) is 26.3 Å². The first kappa shape index (κ1) is 18.8. The zero-order valence-corrected chi connectivity index (χ0v) is 15.3. The highest BCUT2D eigenvalue weighted by Gasteiger charge is 2.23. The maximum Gasteiger partial charge on any atom is 0.188 e. The van der Waals surface area contributed by atoms with Crippen LogP contribution in [0.5, 0.6) is 11.5 Å². The highest BCUT2D eigenvalue weighted by atomic mass is 16.7. The van der Waals surface area contributed by atoms with Crippen LogP contribution >= 0.6 is 0 Å². The van der Waals surface area contributed by atoms with Gasteiger partial charge in [0.2, 0.25) is 0 Å². The van der Waals surface area contributed by atoms with E-state index in [1.807, 2.05) is 12.1 Å². The highest BCUT2D eigenvalue weighted by molar-refractivity contribution is 5.62. The molecule has 0 aromatic heterocycles. The fourth-order valence-electron chi connectivity index (χ4n) is 2.66. The number of nitrogen functional groups attached to an aromatic ring is 1. The first-order valence-corrected chi connectivity index (χ1v) is 8.40. The topological polar surface area (TPSA) is 66.2 Å². The second-order valence-corrected chi connectivity index (χ2v) is 6.99. The van der Waals surface area contributed by atoms with Gasteiger partial charge in [-0.15, -0.1) is 0 Å². The quantitative estimate of drug-likeness (QED) is 0.608. The largest absolute Gasteiger partial charge is 0.492 e. The number of ether oxygens (including phenoxy) is 4. The molecule has 1 fully saturated rings.